The Morgan fingerprint density at radius 3 is 2.17 bits per heavy atom. The normalized spacial score (nSPS) is 11.7. The minimum Gasteiger partial charge on any atom is -0.206 e. The van der Waals surface area contributed by atoms with Crippen molar-refractivity contribution in [3.63, 3.8) is 0 Å². The smallest absolute Gasteiger partial charge is 0.206 e. The fourth-order valence-corrected chi connectivity index (χ4v) is 0.760. The molecule has 1 aromatic rings. The SMILES string of the molecule is [B]c1ccc(F)c(C(F)(F)F)c1. The zero-order chi connectivity index (χ0) is 9.35. The van der Waals surface area contributed by atoms with Gasteiger partial charge in [-0.3, -0.25) is 0 Å². The fourth-order valence-electron chi connectivity index (χ4n) is 0.760. The van der Waals surface area contributed by atoms with E-state index < -0.39 is 17.6 Å². The molecule has 5 heteroatoms. The molecule has 0 spiro atoms. The van der Waals surface area contributed by atoms with Crippen molar-refractivity contribution in [1.29, 1.82) is 0 Å². The van der Waals surface area contributed by atoms with Gasteiger partial charge in [0, 0.05) is 0 Å². The predicted octanol–water partition coefficient (Wildman–Crippen LogP) is 1.64. The van der Waals surface area contributed by atoms with Crippen LogP contribution in [0.2, 0.25) is 0 Å². The van der Waals surface area contributed by atoms with Crippen LogP contribution in [0.3, 0.4) is 0 Å². The van der Waals surface area contributed by atoms with Gasteiger partial charge in [0.05, 0.1) is 5.56 Å². The number of hydrogen-bond acceptors (Lipinski definition) is 0. The van der Waals surface area contributed by atoms with Crippen LogP contribution in [0.5, 0.6) is 0 Å². The van der Waals surface area contributed by atoms with E-state index in [0.29, 0.717) is 12.1 Å². The van der Waals surface area contributed by atoms with E-state index in [9.17, 15) is 17.6 Å². The van der Waals surface area contributed by atoms with Crippen molar-refractivity contribution in [3.05, 3.63) is 29.6 Å². The lowest BCUT2D eigenvalue weighted by molar-refractivity contribution is -0.139. The van der Waals surface area contributed by atoms with Crippen molar-refractivity contribution in [2.45, 2.75) is 6.18 Å². The average molecular weight is 174 g/mol. The van der Waals surface area contributed by atoms with Crippen LogP contribution in [0.4, 0.5) is 17.6 Å². The Balaban J connectivity index is 3.23. The Bertz CT molecular complexity index is 292. The molecular weight excluding hydrogens is 171 g/mol. The van der Waals surface area contributed by atoms with Gasteiger partial charge in [-0.2, -0.15) is 13.2 Å². The number of alkyl halides is 3. The molecule has 0 N–H and O–H groups in total. The molecule has 0 heterocycles. The molecule has 0 unspecified atom stereocenters. The third-order valence-corrected chi connectivity index (χ3v) is 1.30. The first-order valence-corrected chi connectivity index (χ1v) is 3.03. The number of rotatable bonds is 0. The van der Waals surface area contributed by atoms with Gasteiger partial charge in [0.15, 0.2) is 0 Å². The Labute approximate surface area is 67.6 Å². The van der Waals surface area contributed by atoms with Crippen LogP contribution in [-0.4, -0.2) is 7.85 Å². The molecule has 0 atom stereocenters. The molecule has 62 valence electrons. The van der Waals surface area contributed by atoms with Gasteiger partial charge in [-0.25, -0.2) is 4.39 Å². The van der Waals surface area contributed by atoms with Gasteiger partial charge in [0.2, 0.25) is 0 Å². The van der Waals surface area contributed by atoms with Gasteiger partial charge in [-0.05, 0) is 6.07 Å². The van der Waals surface area contributed by atoms with E-state index in [1.165, 1.54) is 0 Å². The molecule has 0 aliphatic rings. The molecule has 0 saturated carbocycles. The molecule has 12 heavy (non-hydrogen) atoms. The highest BCUT2D eigenvalue weighted by atomic mass is 19.4. The zero-order valence-corrected chi connectivity index (χ0v) is 5.82. The topological polar surface area (TPSA) is 0 Å². The summed E-state index contributed by atoms with van der Waals surface area (Å²) in [5.41, 5.74) is -1.44. The Hall–Kier alpha value is -0.995. The number of halogens is 4. The van der Waals surface area contributed by atoms with Crippen LogP contribution in [0.25, 0.3) is 0 Å². The largest absolute Gasteiger partial charge is 0.419 e. The molecule has 0 amide bonds. The third kappa shape index (κ3) is 1.78. The molecular formula is C7H3BF4. The zero-order valence-electron chi connectivity index (χ0n) is 5.82. The predicted molar refractivity (Wildman–Crippen MR) is 36.8 cm³/mol. The Morgan fingerprint density at radius 2 is 1.75 bits per heavy atom. The average Bonchev–Trinajstić information content (AvgIpc) is 1.92. The summed E-state index contributed by atoms with van der Waals surface area (Å²) < 4.78 is 48.3. The Kier molecular flexibility index (Phi) is 2.13. The lowest BCUT2D eigenvalue weighted by Crippen LogP contribution is -2.13. The van der Waals surface area contributed by atoms with Crippen molar-refractivity contribution in [2.75, 3.05) is 0 Å². The van der Waals surface area contributed by atoms with Crippen LogP contribution in [-0.2, 0) is 6.18 Å². The van der Waals surface area contributed by atoms with E-state index >= 15 is 0 Å². The molecule has 0 nitrogen and oxygen atoms in total. The molecule has 1 rings (SSSR count). The Morgan fingerprint density at radius 1 is 1.17 bits per heavy atom. The summed E-state index contributed by atoms with van der Waals surface area (Å²) in [4.78, 5) is 0. The van der Waals surface area contributed by atoms with Gasteiger partial charge >= 0.3 is 6.18 Å². The lowest BCUT2D eigenvalue weighted by Gasteiger charge is -2.07. The van der Waals surface area contributed by atoms with E-state index in [1.807, 2.05) is 0 Å². The maximum Gasteiger partial charge on any atom is 0.419 e. The number of benzene rings is 1. The van der Waals surface area contributed by atoms with Crippen LogP contribution in [0.15, 0.2) is 18.2 Å². The highest BCUT2D eigenvalue weighted by Crippen LogP contribution is 2.30. The maximum absolute atomic E-state index is 12.5. The highest BCUT2D eigenvalue weighted by molar-refractivity contribution is 6.32. The van der Waals surface area contributed by atoms with E-state index in [-0.39, 0.29) is 5.46 Å². The summed E-state index contributed by atoms with van der Waals surface area (Å²) in [5, 5.41) is 0. The van der Waals surface area contributed by atoms with Crippen LogP contribution < -0.4 is 5.46 Å². The van der Waals surface area contributed by atoms with Gasteiger partial charge < -0.3 is 0 Å². The van der Waals surface area contributed by atoms with Gasteiger partial charge in [-0.15, -0.1) is 0 Å². The van der Waals surface area contributed by atoms with Crippen LogP contribution >= 0.6 is 0 Å². The molecule has 0 fully saturated rings. The second kappa shape index (κ2) is 2.81. The van der Waals surface area contributed by atoms with E-state index in [2.05, 4.69) is 0 Å². The summed E-state index contributed by atoms with van der Waals surface area (Å²) >= 11 is 0. The van der Waals surface area contributed by atoms with E-state index in [4.69, 9.17) is 7.85 Å². The molecule has 0 aromatic heterocycles. The molecule has 0 bridgehead atoms. The first kappa shape index (κ1) is 9.10. The summed E-state index contributed by atoms with van der Waals surface area (Å²) in [6.45, 7) is 0. The second-order valence-electron chi connectivity index (χ2n) is 2.24. The second-order valence-corrected chi connectivity index (χ2v) is 2.24. The standard InChI is InChI=1S/C7H3BF4/c8-4-1-2-6(9)5(3-4)7(10,11)12/h1-3H. The monoisotopic (exact) mass is 174 g/mol. The maximum atomic E-state index is 12.5. The lowest BCUT2D eigenvalue weighted by atomic mass is 9.94. The van der Waals surface area contributed by atoms with E-state index in [0.717, 1.165) is 6.07 Å². The van der Waals surface area contributed by atoms with Gasteiger partial charge in [-0.1, -0.05) is 17.6 Å². The number of hydrogen-bond donors (Lipinski definition) is 0. The van der Waals surface area contributed by atoms with Gasteiger partial charge in [0.25, 0.3) is 0 Å². The molecule has 2 radical (unpaired) electrons. The van der Waals surface area contributed by atoms with Gasteiger partial charge in [0.1, 0.15) is 13.7 Å². The minimum atomic E-state index is -4.68. The molecule has 1 aromatic carbocycles. The third-order valence-electron chi connectivity index (χ3n) is 1.30. The minimum absolute atomic E-state index is 0.108. The van der Waals surface area contributed by atoms with Crippen molar-refractivity contribution >= 4 is 13.3 Å². The van der Waals surface area contributed by atoms with Crippen molar-refractivity contribution in [3.8, 4) is 0 Å². The first-order valence-electron chi connectivity index (χ1n) is 3.03. The van der Waals surface area contributed by atoms with Crippen molar-refractivity contribution < 1.29 is 17.6 Å². The van der Waals surface area contributed by atoms with Crippen LogP contribution in [0.1, 0.15) is 5.56 Å². The summed E-state index contributed by atoms with van der Waals surface area (Å²) in [6, 6.07) is 2.33. The summed E-state index contributed by atoms with van der Waals surface area (Å²) in [7, 11) is 5.06. The molecule has 0 aliphatic heterocycles. The summed E-state index contributed by atoms with van der Waals surface area (Å²) in [5.74, 6) is -1.31. The molecule has 0 saturated heterocycles. The van der Waals surface area contributed by atoms with Crippen molar-refractivity contribution in [1.82, 2.24) is 0 Å². The highest BCUT2D eigenvalue weighted by Gasteiger charge is 2.33. The first-order chi connectivity index (χ1) is 5.41. The molecule has 0 aliphatic carbocycles. The van der Waals surface area contributed by atoms with E-state index in [1.54, 1.807) is 0 Å². The fraction of sp³-hybridized carbons (Fsp3) is 0.143. The quantitative estimate of drug-likeness (QED) is 0.414. The summed E-state index contributed by atoms with van der Waals surface area (Å²) in [6.07, 6.45) is -4.68. The van der Waals surface area contributed by atoms with Crippen molar-refractivity contribution in [2.24, 2.45) is 0 Å². The van der Waals surface area contributed by atoms with Crippen LogP contribution in [0, 0.1) is 5.82 Å².